The Balaban J connectivity index is 0.00000304. The number of fused-ring (bicyclic) bond motifs is 2. The standard InChI is InChI=1S/C45H31N10O11S5.4Li/c1-25-37(22-46)42(49-31-10-14-34(15-11-31)69(58,59)60)51-43(50-32-12-16-35(17-13-32)70(61,62)63)41(25)53-54-44-38(23-47)40(30-9-8-27-4-2-3-5-28(27)19-30)45(67-44)55-52-33-20-29-7-6-26(24-68(48,56)57)18-36(29)39(21-33)71(64,65)66;;;;/h2-6,8-21H,24H2,1H3,(H2,48,56,57)(H2,49,50,51)(H,58,59,60)(H,61,62,63)(H,64,65,66);;;;/q-1;4*+1/p-3. The summed E-state index contributed by atoms with van der Waals surface area (Å²) in [6.07, 6.45) is 0. The van der Waals surface area contributed by atoms with Crippen molar-refractivity contribution in [2.24, 2.45) is 20.5 Å². The molecule has 4 N–H and O–H groups in total. The number of nitriles is 2. The number of rotatable bonds is 14. The number of thiophene rings is 1. The molecular weight excluding hydrogens is 1040 g/mol. The molecule has 6 aromatic carbocycles. The van der Waals surface area contributed by atoms with E-state index in [4.69, 9.17) is 4.78 Å². The summed E-state index contributed by atoms with van der Waals surface area (Å²) >= 11 is 0.838. The van der Waals surface area contributed by atoms with Crippen LogP contribution < -0.4 is 86.1 Å². The molecule has 8 rings (SSSR count). The van der Waals surface area contributed by atoms with Gasteiger partial charge in [0.1, 0.15) is 58.7 Å². The summed E-state index contributed by atoms with van der Waals surface area (Å²) in [4.78, 5) is 2.79. The predicted octanol–water partition coefficient (Wildman–Crippen LogP) is -1.97. The second kappa shape index (κ2) is 24.7. The minimum atomic E-state index is -5.19. The van der Waals surface area contributed by atoms with Crippen LogP contribution in [-0.4, -0.2) is 52.7 Å². The second-order valence-corrected chi connectivity index (χ2v) is 21.8. The van der Waals surface area contributed by atoms with Gasteiger partial charge in [-0.05, 0) is 83.9 Å². The monoisotopic (exact) mass is 1070 g/mol. The zero-order valence-corrected chi connectivity index (χ0v) is 44.0. The molecule has 8 aromatic rings. The van der Waals surface area contributed by atoms with E-state index in [2.05, 4.69) is 48.2 Å². The van der Waals surface area contributed by atoms with Crippen LogP contribution in [0.3, 0.4) is 0 Å². The van der Waals surface area contributed by atoms with Crippen LogP contribution in [0.1, 0.15) is 22.3 Å². The third kappa shape index (κ3) is 14.5. The summed E-state index contributed by atoms with van der Waals surface area (Å²) < 4.78 is 136. The van der Waals surface area contributed by atoms with Gasteiger partial charge in [0.15, 0.2) is 26.6 Å². The minimum absolute atomic E-state index is 0. The van der Waals surface area contributed by atoms with Crippen LogP contribution in [-0.2, 0) is 46.1 Å². The first kappa shape index (κ1) is 62.0. The fourth-order valence-electron chi connectivity index (χ4n) is 7.13. The van der Waals surface area contributed by atoms with E-state index < -0.39 is 60.8 Å². The van der Waals surface area contributed by atoms with Gasteiger partial charge in [-0.25, -0.2) is 39.2 Å². The van der Waals surface area contributed by atoms with Crippen LogP contribution in [0.5, 0.6) is 0 Å². The maximum absolute atomic E-state index is 12.5. The summed E-state index contributed by atoms with van der Waals surface area (Å²) in [7, 11) is -18.8. The zero-order chi connectivity index (χ0) is 51.0. The number of azo groups is 2. The van der Waals surface area contributed by atoms with E-state index in [1.807, 2.05) is 36.4 Å². The summed E-state index contributed by atoms with van der Waals surface area (Å²) in [5.74, 6) is -0.835. The molecule has 0 saturated carbocycles. The van der Waals surface area contributed by atoms with Gasteiger partial charge < -0.3 is 28.8 Å². The van der Waals surface area contributed by atoms with Crippen molar-refractivity contribution in [1.82, 2.24) is 4.98 Å². The van der Waals surface area contributed by atoms with Gasteiger partial charge in [-0.3, -0.25) is 0 Å². The quantitative estimate of drug-likeness (QED) is 0.0397. The normalized spacial score (nSPS) is 12.4. The van der Waals surface area contributed by atoms with E-state index in [1.165, 1.54) is 49.4 Å². The van der Waals surface area contributed by atoms with Crippen LogP contribution >= 0.6 is 11.3 Å². The Bertz CT molecular complexity index is 4140. The van der Waals surface area contributed by atoms with Gasteiger partial charge in [-0.15, -0.1) is 50.6 Å². The Hall–Kier alpha value is -5.50. The second-order valence-electron chi connectivity index (χ2n) is 15.2. The number of hydrogen-bond acceptors (Lipinski definition) is 21. The molecule has 0 fully saturated rings. The third-order valence-electron chi connectivity index (χ3n) is 10.4. The average Bonchev–Trinajstić information content (AvgIpc) is 3.66. The summed E-state index contributed by atoms with van der Waals surface area (Å²) in [5, 5.41) is 46.3. The predicted molar refractivity (Wildman–Crippen MR) is 257 cm³/mol. The smallest absolute Gasteiger partial charge is 0.745 e. The van der Waals surface area contributed by atoms with E-state index in [-0.39, 0.29) is 158 Å². The molecule has 0 aliphatic heterocycles. The Kier molecular flexibility index (Phi) is 20.4. The number of nitrogens with one attached hydrogen (secondary N) is 3. The molecule has 0 spiro atoms. The fraction of sp³-hybridized carbons (Fsp3) is 0.0444. The fourth-order valence-corrected chi connectivity index (χ4v) is 10.3. The first-order valence-corrected chi connectivity index (χ1v) is 26.6. The third-order valence-corrected chi connectivity index (χ3v) is 14.6. The van der Waals surface area contributed by atoms with Crippen molar-refractivity contribution >= 4 is 118 Å². The molecule has 2 heterocycles. The van der Waals surface area contributed by atoms with Crippen LogP contribution in [0, 0.1) is 40.4 Å². The molecule has 0 aliphatic carbocycles. The number of aromatic nitrogens is 1. The molecular formula is C45H28Li4N10O11S5. The molecule has 2 aromatic heterocycles. The van der Waals surface area contributed by atoms with Gasteiger partial charge in [-0.1, -0.05) is 53.1 Å². The average molecular weight is 1070 g/mol. The van der Waals surface area contributed by atoms with Crippen molar-refractivity contribution in [2.75, 3.05) is 10.6 Å². The van der Waals surface area contributed by atoms with Crippen LogP contribution in [0.25, 0.3) is 32.7 Å². The molecule has 358 valence electrons. The van der Waals surface area contributed by atoms with E-state index in [9.17, 15) is 58.2 Å². The first-order chi connectivity index (χ1) is 33.5. The van der Waals surface area contributed by atoms with Gasteiger partial charge in [0.05, 0.1) is 15.4 Å². The molecule has 0 radical (unpaired) electrons. The Morgan fingerprint density at radius 2 is 1.24 bits per heavy atom. The number of anilines is 4. The minimum Gasteiger partial charge on any atom is -0.745 e. The first-order valence-electron chi connectivity index (χ1n) is 19.9. The summed E-state index contributed by atoms with van der Waals surface area (Å²) in [6.45, 7) is 1.50. The van der Waals surface area contributed by atoms with Gasteiger partial charge in [0, 0.05) is 38.8 Å². The van der Waals surface area contributed by atoms with Gasteiger partial charge in [0.25, 0.3) is 0 Å². The number of pyridine rings is 1. The molecule has 21 nitrogen and oxygen atoms in total. The number of benzene rings is 6. The van der Waals surface area contributed by atoms with Gasteiger partial charge >= 0.3 is 75.4 Å². The maximum Gasteiger partial charge on any atom is 1.00 e. The van der Waals surface area contributed by atoms with Crippen molar-refractivity contribution in [1.29, 1.82) is 15.3 Å². The Labute approximate surface area is 481 Å². The molecule has 0 bridgehead atoms. The topological polar surface area (TPSA) is 367 Å². The molecule has 30 heteroatoms. The molecule has 0 saturated heterocycles. The van der Waals surface area contributed by atoms with E-state index in [0.29, 0.717) is 5.56 Å². The molecule has 1 unspecified atom stereocenters. The van der Waals surface area contributed by atoms with Crippen LogP contribution in [0.15, 0.2) is 150 Å². The summed E-state index contributed by atoms with van der Waals surface area (Å²) in [6, 6.07) is 33.7. The van der Waals surface area contributed by atoms with E-state index in [1.54, 1.807) is 12.1 Å². The van der Waals surface area contributed by atoms with E-state index in [0.717, 1.165) is 52.4 Å². The molecule has 75 heavy (non-hydrogen) atoms. The molecule has 0 amide bonds. The Morgan fingerprint density at radius 3 is 1.79 bits per heavy atom. The molecule has 0 aliphatic rings. The number of hydrogen-bond donors (Lipinski definition) is 4. The van der Waals surface area contributed by atoms with Crippen molar-refractivity contribution < 1.29 is 123 Å². The van der Waals surface area contributed by atoms with Crippen molar-refractivity contribution in [3.05, 3.63) is 144 Å². The van der Waals surface area contributed by atoms with Crippen LogP contribution in [0.4, 0.5) is 44.4 Å². The van der Waals surface area contributed by atoms with Crippen molar-refractivity contribution in [3.63, 3.8) is 0 Å². The zero-order valence-electron chi connectivity index (χ0n) is 39.9. The van der Waals surface area contributed by atoms with Crippen LogP contribution in [0.2, 0.25) is 0 Å². The van der Waals surface area contributed by atoms with E-state index >= 15 is 0 Å². The van der Waals surface area contributed by atoms with Gasteiger partial charge in [0.2, 0.25) is 0 Å². The SMILES string of the molecule is Cc1c(C#N)c(Nc2ccc(S(=O)(=O)[O-])cc2)nc(Nc2ccc(S(=O)(=O)[O-])cc2)c1N=Nc1sc(N=Nc2cc(S(=O)(=O)[O-])c3cc(CS(=N)(=O)O)c[c-]c3c2)c(-c2ccc3ccccc3c2)c1C#N.[Li+].[Li+].[Li+].[Li+]. The van der Waals surface area contributed by atoms with Gasteiger partial charge in [-0.2, -0.15) is 15.6 Å². The molecule has 1 atom stereocenters. The maximum atomic E-state index is 12.5. The Morgan fingerprint density at radius 1 is 0.680 bits per heavy atom. The van der Waals surface area contributed by atoms with Crippen molar-refractivity contribution in [3.8, 4) is 23.3 Å². The summed E-state index contributed by atoms with van der Waals surface area (Å²) in [5.41, 5.74) is 1.03. The number of nitrogens with zero attached hydrogens (tertiary/aromatic N) is 7. The largest absolute Gasteiger partial charge is 1.00 e. The van der Waals surface area contributed by atoms with Crippen molar-refractivity contribution in [2.45, 2.75) is 27.4 Å².